The van der Waals surface area contributed by atoms with Crippen molar-refractivity contribution in [3.63, 3.8) is 0 Å². The van der Waals surface area contributed by atoms with Crippen LogP contribution in [0.4, 0.5) is 5.69 Å². The largest absolute Gasteiger partial charge is 0.487 e. The normalized spacial score (nSPS) is 9.79. The van der Waals surface area contributed by atoms with E-state index >= 15 is 0 Å². The van der Waals surface area contributed by atoms with E-state index in [9.17, 15) is 14.9 Å². The average Bonchev–Trinajstić information content (AvgIpc) is 2.37. The van der Waals surface area contributed by atoms with E-state index in [1.165, 1.54) is 12.1 Å². The van der Waals surface area contributed by atoms with Gasteiger partial charge in [0.15, 0.2) is 0 Å². The van der Waals surface area contributed by atoms with Crippen LogP contribution in [0.5, 0.6) is 5.75 Å². The van der Waals surface area contributed by atoms with E-state index in [1.54, 1.807) is 13.0 Å². The van der Waals surface area contributed by atoms with Crippen molar-refractivity contribution in [3.05, 3.63) is 44.9 Å². The van der Waals surface area contributed by atoms with Gasteiger partial charge in [0.2, 0.25) is 0 Å². The fraction of sp³-hybridized carbons (Fsp3) is 0.250. The molecule has 1 rings (SSSR count). The molecule has 19 heavy (non-hydrogen) atoms. The minimum atomic E-state index is -0.552. The van der Waals surface area contributed by atoms with Crippen LogP contribution in [0.15, 0.2) is 34.8 Å². The summed E-state index contributed by atoms with van der Waals surface area (Å²) >= 11 is 3.09. The number of carbonyl (C=O) groups excluding carboxylic acids is 1. The smallest absolute Gasteiger partial charge is 0.336 e. The van der Waals surface area contributed by atoms with Gasteiger partial charge in [0.05, 0.1) is 17.1 Å². The van der Waals surface area contributed by atoms with Crippen LogP contribution < -0.4 is 4.74 Å². The maximum Gasteiger partial charge on any atom is 0.336 e. The monoisotopic (exact) mass is 329 g/mol. The number of halogens is 1. The molecule has 1 aromatic rings. The van der Waals surface area contributed by atoms with Gasteiger partial charge in [-0.2, -0.15) is 0 Å². The van der Waals surface area contributed by atoms with Crippen molar-refractivity contribution in [1.29, 1.82) is 0 Å². The standard InChI is InChI=1S/C12H12BrNO5/c1-3-18-12(15)8(2)7-19-10-6-4-5-9(11(10)13)14(16)17/h4-6H,2-3,7H2,1H3. The Bertz CT molecular complexity index is 515. The minimum absolute atomic E-state index is 0.0986. The van der Waals surface area contributed by atoms with Gasteiger partial charge in [-0.15, -0.1) is 0 Å². The molecule has 0 radical (unpaired) electrons. The maximum absolute atomic E-state index is 11.3. The van der Waals surface area contributed by atoms with Crippen LogP contribution in [0.3, 0.4) is 0 Å². The Morgan fingerprint density at radius 3 is 2.79 bits per heavy atom. The van der Waals surface area contributed by atoms with Crippen molar-refractivity contribution >= 4 is 27.6 Å². The second-order valence-corrected chi connectivity index (χ2v) is 4.25. The van der Waals surface area contributed by atoms with Gasteiger partial charge in [-0.1, -0.05) is 12.6 Å². The van der Waals surface area contributed by atoms with Gasteiger partial charge < -0.3 is 9.47 Å². The lowest BCUT2D eigenvalue weighted by atomic mass is 10.3. The molecule has 0 bridgehead atoms. The van der Waals surface area contributed by atoms with Crippen LogP contribution >= 0.6 is 15.9 Å². The van der Waals surface area contributed by atoms with E-state index in [4.69, 9.17) is 9.47 Å². The van der Waals surface area contributed by atoms with E-state index in [0.29, 0.717) is 0 Å². The fourth-order valence-corrected chi connectivity index (χ4v) is 1.73. The Morgan fingerprint density at radius 2 is 2.21 bits per heavy atom. The molecule has 6 nitrogen and oxygen atoms in total. The third-order valence-electron chi connectivity index (χ3n) is 2.11. The molecule has 0 N–H and O–H groups in total. The highest BCUT2D eigenvalue weighted by Crippen LogP contribution is 2.33. The van der Waals surface area contributed by atoms with Gasteiger partial charge in [-0.25, -0.2) is 4.79 Å². The molecule has 0 aliphatic heterocycles. The molecule has 0 atom stereocenters. The second kappa shape index (κ2) is 6.89. The summed E-state index contributed by atoms with van der Waals surface area (Å²) in [6.45, 7) is 5.36. The zero-order chi connectivity index (χ0) is 14.4. The molecule has 0 heterocycles. The van der Waals surface area contributed by atoms with Crippen LogP contribution in [0.2, 0.25) is 0 Å². The first-order valence-electron chi connectivity index (χ1n) is 5.38. The second-order valence-electron chi connectivity index (χ2n) is 3.46. The van der Waals surface area contributed by atoms with Crippen molar-refractivity contribution in [2.75, 3.05) is 13.2 Å². The van der Waals surface area contributed by atoms with Crippen LogP contribution in [0, 0.1) is 10.1 Å². The predicted octanol–water partition coefficient (Wildman–Crippen LogP) is 2.86. The third-order valence-corrected chi connectivity index (χ3v) is 2.90. The highest BCUT2D eigenvalue weighted by atomic mass is 79.9. The Hall–Kier alpha value is -1.89. The van der Waals surface area contributed by atoms with Gasteiger partial charge in [0, 0.05) is 6.07 Å². The predicted molar refractivity (Wildman–Crippen MR) is 72.1 cm³/mol. The summed E-state index contributed by atoms with van der Waals surface area (Å²) in [7, 11) is 0. The molecule has 1 aromatic carbocycles. The van der Waals surface area contributed by atoms with Crippen molar-refractivity contribution in [3.8, 4) is 5.75 Å². The summed E-state index contributed by atoms with van der Waals surface area (Å²) in [6.07, 6.45) is 0. The number of nitro groups is 1. The summed E-state index contributed by atoms with van der Waals surface area (Å²) in [5.74, 6) is -0.288. The summed E-state index contributed by atoms with van der Waals surface area (Å²) in [5, 5.41) is 10.7. The molecule has 102 valence electrons. The summed E-state index contributed by atoms with van der Waals surface area (Å²) in [5.41, 5.74) is 0.0273. The van der Waals surface area contributed by atoms with Crippen LogP contribution in [0.25, 0.3) is 0 Å². The van der Waals surface area contributed by atoms with E-state index < -0.39 is 10.9 Å². The lowest BCUT2D eigenvalue weighted by molar-refractivity contribution is -0.385. The Kier molecular flexibility index (Phi) is 5.50. The number of benzene rings is 1. The molecule has 0 spiro atoms. The molecule has 0 unspecified atom stereocenters. The van der Waals surface area contributed by atoms with Gasteiger partial charge in [0.1, 0.15) is 16.8 Å². The first kappa shape index (κ1) is 15.2. The van der Waals surface area contributed by atoms with Crippen molar-refractivity contribution < 1.29 is 19.2 Å². The molecular formula is C12H12BrNO5. The Balaban J connectivity index is 2.74. The lowest BCUT2D eigenvalue weighted by Crippen LogP contribution is -2.13. The average molecular weight is 330 g/mol. The first-order chi connectivity index (χ1) is 8.97. The van der Waals surface area contributed by atoms with Crippen molar-refractivity contribution in [1.82, 2.24) is 0 Å². The van der Waals surface area contributed by atoms with Crippen molar-refractivity contribution in [2.24, 2.45) is 0 Å². The minimum Gasteiger partial charge on any atom is -0.487 e. The van der Waals surface area contributed by atoms with Crippen molar-refractivity contribution in [2.45, 2.75) is 6.92 Å². The summed E-state index contributed by atoms with van der Waals surface area (Å²) < 4.78 is 10.3. The first-order valence-corrected chi connectivity index (χ1v) is 6.17. The number of nitro benzene ring substituents is 1. The number of esters is 1. The summed E-state index contributed by atoms with van der Waals surface area (Å²) in [6, 6.07) is 4.39. The molecule has 0 aromatic heterocycles. The van der Waals surface area contributed by atoms with E-state index in [2.05, 4.69) is 22.5 Å². The maximum atomic E-state index is 11.3. The molecule has 7 heteroatoms. The lowest BCUT2D eigenvalue weighted by Gasteiger charge is -2.09. The number of nitrogens with zero attached hydrogens (tertiary/aromatic N) is 1. The topological polar surface area (TPSA) is 78.7 Å². The third kappa shape index (κ3) is 4.06. The number of rotatable bonds is 6. The zero-order valence-electron chi connectivity index (χ0n) is 10.2. The SMILES string of the molecule is C=C(COc1cccc([N+](=O)[O-])c1Br)C(=O)OCC. The highest BCUT2D eigenvalue weighted by Gasteiger charge is 2.17. The number of hydrogen-bond donors (Lipinski definition) is 0. The number of hydrogen-bond acceptors (Lipinski definition) is 5. The molecule has 0 aliphatic rings. The van der Waals surface area contributed by atoms with E-state index in [1.807, 2.05) is 0 Å². The van der Waals surface area contributed by atoms with Gasteiger partial charge >= 0.3 is 5.97 Å². The number of ether oxygens (including phenoxy) is 2. The van der Waals surface area contributed by atoms with Crippen LogP contribution in [0.1, 0.15) is 6.92 Å². The van der Waals surface area contributed by atoms with Gasteiger partial charge in [0.25, 0.3) is 5.69 Å². The quantitative estimate of drug-likeness (QED) is 0.347. The van der Waals surface area contributed by atoms with Crippen LogP contribution in [-0.2, 0) is 9.53 Å². The Labute approximate surface area is 118 Å². The fourth-order valence-electron chi connectivity index (χ4n) is 1.21. The molecular weight excluding hydrogens is 318 g/mol. The molecule has 0 amide bonds. The zero-order valence-corrected chi connectivity index (χ0v) is 11.8. The van der Waals surface area contributed by atoms with Gasteiger partial charge in [-0.05, 0) is 28.9 Å². The molecule has 0 aliphatic carbocycles. The van der Waals surface area contributed by atoms with E-state index in [-0.39, 0.29) is 34.7 Å². The molecule has 0 saturated heterocycles. The van der Waals surface area contributed by atoms with E-state index in [0.717, 1.165) is 0 Å². The van der Waals surface area contributed by atoms with Gasteiger partial charge in [-0.3, -0.25) is 10.1 Å². The van der Waals surface area contributed by atoms with Crippen LogP contribution in [-0.4, -0.2) is 24.1 Å². The molecule has 0 fully saturated rings. The summed E-state index contributed by atoms with van der Waals surface area (Å²) in [4.78, 5) is 21.5. The highest BCUT2D eigenvalue weighted by molar-refractivity contribution is 9.10. The number of carbonyl (C=O) groups is 1. The Morgan fingerprint density at radius 1 is 1.53 bits per heavy atom. The molecule has 0 saturated carbocycles.